The van der Waals surface area contributed by atoms with Crippen LogP contribution >= 0.6 is 34.0 Å². The Morgan fingerprint density at radius 3 is 2.37 bits per heavy atom. The van der Waals surface area contributed by atoms with E-state index < -0.39 is 21.5 Å². The molecule has 164 valence electrons. The molecular formula is C22H27Cl2NO4S. The molecule has 0 bridgehead atoms. The van der Waals surface area contributed by atoms with Gasteiger partial charge in [0.15, 0.2) is 0 Å². The zero-order valence-corrected chi connectivity index (χ0v) is 19.3. The SMILES string of the molecule is CCCN1[C@H](c2ccc(Cl)cc2)[C@@H](c2cccc(Cl)c2)C[C@@](C)(CC(=O)O)S1(O)O. The van der Waals surface area contributed by atoms with Crippen molar-refractivity contribution in [3.63, 3.8) is 0 Å². The second-order valence-corrected chi connectivity index (χ2v) is 11.4. The summed E-state index contributed by atoms with van der Waals surface area (Å²) < 4.78 is 23.3. The molecule has 0 amide bonds. The quantitative estimate of drug-likeness (QED) is 0.429. The normalized spacial score (nSPS) is 27.5. The monoisotopic (exact) mass is 471 g/mol. The minimum absolute atomic E-state index is 0.180. The summed E-state index contributed by atoms with van der Waals surface area (Å²) in [5, 5.41) is 10.7. The van der Waals surface area contributed by atoms with E-state index in [1.54, 1.807) is 29.4 Å². The van der Waals surface area contributed by atoms with E-state index in [0.717, 1.165) is 11.1 Å². The van der Waals surface area contributed by atoms with Gasteiger partial charge in [0, 0.05) is 22.5 Å². The Morgan fingerprint density at radius 2 is 1.80 bits per heavy atom. The fourth-order valence-electron chi connectivity index (χ4n) is 4.40. The lowest BCUT2D eigenvalue weighted by atomic mass is 9.79. The summed E-state index contributed by atoms with van der Waals surface area (Å²) in [5.74, 6) is -1.23. The van der Waals surface area contributed by atoms with E-state index in [9.17, 15) is 19.0 Å². The van der Waals surface area contributed by atoms with Crippen LogP contribution in [0.2, 0.25) is 10.0 Å². The van der Waals surface area contributed by atoms with Gasteiger partial charge >= 0.3 is 5.97 Å². The molecule has 0 spiro atoms. The first-order valence-corrected chi connectivity index (χ1v) is 12.1. The second-order valence-electron chi connectivity index (χ2n) is 8.04. The third kappa shape index (κ3) is 4.49. The lowest BCUT2D eigenvalue weighted by molar-refractivity contribution is -0.137. The van der Waals surface area contributed by atoms with Crippen molar-refractivity contribution in [1.82, 2.24) is 4.31 Å². The van der Waals surface area contributed by atoms with Crippen molar-refractivity contribution in [2.24, 2.45) is 0 Å². The minimum Gasteiger partial charge on any atom is -0.481 e. The molecule has 2 aromatic carbocycles. The largest absolute Gasteiger partial charge is 0.481 e. The van der Waals surface area contributed by atoms with Gasteiger partial charge in [0.2, 0.25) is 0 Å². The van der Waals surface area contributed by atoms with E-state index in [4.69, 9.17) is 23.2 Å². The van der Waals surface area contributed by atoms with E-state index in [0.29, 0.717) is 29.4 Å². The Hall–Kier alpha value is -1.28. The zero-order valence-electron chi connectivity index (χ0n) is 17.0. The molecule has 0 unspecified atom stereocenters. The first-order valence-electron chi connectivity index (χ1n) is 9.86. The molecule has 2 aromatic rings. The molecule has 1 aliphatic heterocycles. The molecule has 3 atom stereocenters. The zero-order chi connectivity index (χ0) is 22.1. The van der Waals surface area contributed by atoms with Gasteiger partial charge in [0.05, 0.1) is 17.2 Å². The van der Waals surface area contributed by atoms with E-state index in [1.165, 1.54) is 0 Å². The summed E-state index contributed by atoms with van der Waals surface area (Å²) in [6.07, 6.45) is 0.654. The van der Waals surface area contributed by atoms with Gasteiger partial charge in [0.1, 0.15) is 0 Å². The molecule has 0 aliphatic carbocycles. The third-order valence-corrected chi connectivity index (χ3v) is 8.97. The van der Waals surface area contributed by atoms with E-state index in [-0.39, 0.29) is 18.4 Å². The summed E-state index contributed by atoms with van der Waals surface area (Å²) in [6, 6.07) is 14.5. The lowest BCUT2D eigenvalue weighted by Gasteiger charge is -2.62. The van der Waals surface area contributed by atoms with Crippen LogP contribution < -0.4 is 0 Å². The van der Waals surface area contributed by atoms with Gasteiger partial charge in [-0.25, -0.2) is 0 Å². The summed E-state index contributed by atoms with van der Waals surface area (Å²) in [5.41, 5.74) is 1.84. The maximum atomic E-state index is 11.6. The molecule has 3 N–H and O–H groups in total. The van der Waals surface area contributed by atoms with Crippen LogP contribution in [-0.2, 0) is 4.79 Å². The maximum Gasteiger partial charge on any atom is 0.305 e. The number of aliphatic carboxylic acids is 1. The van der Waals surface area contributed by atoms with Crippen LogP contribution in [0.25, 0.3) is 0 Å². The van der Waals surface area contributed by atoms with Gasteiger partial charge in [-0.3, -0.25) is 13.9 Å². The Labute approximate surface area is 189 Å². The van der Waals surface area contributed by atoms with Gasteiger partial charge in [-0.15, -0.1) is 10.8 Å². The first-order chi connectivity index (χ1) is 14.1. The van der Waals surface area contributed by atoms with Crippen LogP contribution in [0.3, 0.4) is 0 Å². The second kappa shape index (κ2) is 9.07. The molecule has 3 rings (SSSR count). The van der Waals surface area contributed by atoms with E-state index in [1.807, 2.05) is 37.3 Å². The molecule has 8 heteroatoms. The Bertz CT molecular complexity index is 908. The topological polar surface area (TPSA) is 81.0 Å². The number of nitrogens with zero attached hydrogens (tertiary/aromatic N) is 1. The van der Waals surface area contributed by atoms with Crippen molar-refractivity contribution in [1.29, 1.82) is 0 Å². The number of halogens is 2. The summed E-state index contributed by atoms with van der Waals surface area (Å²) in [7, 11) is -3.39. The average molecular weight is 472 g/mol. The van der Waals surface area contributed by atoms with Crippen molar-refractivity contribution in [3.05, 3.63) is 69.7 Å². The molecule has 5 nitrogen and oxygen atoms in total. The van der Waals surface area contributed by atoms with Crippen LogP contribution in [0.5, 0.6) is 0 Å². The minimum atomic E-state index is -3.39. The fourth-order valence-corrected chi connectivity index (χ4v) is 7.04. The first kappa shape index (κ1) is 23.4. The molecule has 0 aromatic heterocycles. The average Bonchev–Trinajstić information content (AvgIpc) is 2.66. The predicted molar refractivity (Wildman–Crippen MR) is 124 cm³/mol. The molecular weight excluding hydrogens is 445 g/mol. The Kier molecular flexibility index (Phi) is 7.07. The van der Waals surface area contributed by atoms with Gasteiger partial charge in [-0.1, -0.05) is 54.4 Å². The molecule has 1 saturated heterocycles. The Morgan fingerprint density at radius 1 is 1.13 bits per heavy atom. The van der Waals surface area contributed by atoms with Crippen LogP contribution in [0, 0.1) is 0 Å². The molecule has 1 heterocycles. The van der Waals surface area contributed by atoms with Crippen LogP contribution in [0.4, 0.5) is 0 Å². The van der Waals surface area contributed by atoms with Gasteiger partial charge < -0.3 is 5.11 Å². The molecule has 0 radical (unpaired) electrons. The molecule has 1 fully saturated rings. The number of hydrogen-bond donors (Lipinski definition) is 3. The molecule has 30 heavy (non-hydrogen) atoms. The summed E-state index contributed by atoms with van der Waals surface area (Å²) in [4.78, 5) is 11.6. The van der Waals surface area contributed by atoms with Crippen molar-refractivity contribution in [3.8, 4) is 0 Å². The van der Waals surface area contributed by atoms with E-state index in [2.05, 4.69) is 0 Å². The van der Waals surface area contributed by atoms with Crippen LogP contribution in [-0.4, -0.2) is 35.8 Å². The number of carboxylic acid groups (broad SMARTS) is 1. The number of carbonyl (C=O) groups is 1. The van der Waals surface area contributed by atoms with Gasteiger partial charge in [-0.2, -0.15) is 4.31 Å². The molecule has 0 saturated carbocycles. The predicted octanol–water partition coefficient (Wildman–Crippen LogP) is 6.83. The standard InChI is InChI=1S/C22H27Cl2NO4S/c1-3-11-25-21(15-7-9-17(23)10-8-15)19(16-5-4-6-18(24)12-16)13-22(2,14-20(26)27)30(25,28)29/h4-10,12,19,21,28-29H,3,11,13-14H2,1-2H3,(H,26,27)/t19-,21-,22+/m1/s1. The van der Waals surface area contributed by atoms with Crippen molar-refractivity contribution >= 4 is 39.9 Å². The maximum absolute atomic E-state index is 11.6. The Balaban J connectivity index is 2.20. The number of benzene rings is 2. The smallest absolute Gasteiger partial charge is 0.305 e. The highest BCUT2D eigenvalue weighted by Gasteiger charge is 2.54. The number of rotatable bonds is 6. The van der Waals surface area contributed by atoms with Crippen LogP contribution in [0.1, 0.15) is 56.2 Å². The summed E-state index contributed by atoms with van der Waals surface area (Å²) in [6.45, 7) is 4.04. The highest BCUT2D eigenvalue weighted by Crippen LogP contribution is 2.68. The fraction of sp³-hybridized carbons (Fsp3) is 0.409. The van der Waals surface area contributed by atoms with Gasteiger partial charge in [0.25, 0.3) is 0 Å². The van der Waals surface area contributed by atoms with Crippen LogP contribution in [0.15, 0.2) is 48.5 Å². The van der Waals surface area contributed by atoms with E-state index >= 15 is 0 Å². The highest BCUT2D eigenvalue weighted by molar-refractivity contribution is 8.23. The third-order valence-electron chi connectivity index (χ3n) is 5.79. The van der Waals surface area contributed by atoms with Crippen molar-refractivity contribution in [2.75, 3.05) is 6.54 Å². The van der Waals surface area contributed by atoms with Gasteiger partial charge in [-0.05, 0) is 55.2 Å². The number of hydrogen-bond acceptors (Lipinski definition) is 4. The lowest BCUT2D eigenvalue weighted by Crippen LogP contribution is -2.52. The van der Waals surface area contributed by atoms with Crippen molar-refractivity contribution in [2.45, 2.75) is 49.8 Å². The highest BCUT2D eigenvalue weighted by atomic mass is 35.5. The molecule has 1 aliphatic rings. The summed E-state index contributed by atoms with van der Waals surface area (Å²) >= 11 is 12.4. The van der Waals surface area contributed by atoms with Crippen molar-refractivity contribution < 1.29 is 19.0 Å². The number of carboxylic acids is 1.